The van der Waals surface area contributed by atoms with Crippen LogP contribution in [0.2, 0.25) is 0 Å². The van der Waals surface area contributed by atoms with Gasteiger partial charge in [0.2, 0.25) is 5.91 Å². The Morgan fingerprint density at radius 2 is 2.00 bits per heavy atom. The van der Waals surface area contributed by atoms with Crippen LogP contribution in [0.5, 0.6) is 0 Å². The fraction of sp³-hybridized carbons (Fsp3) is 0.923. The van der Waals surface area contributed by atoms with Gasteiger partial charge in [0.15, 0.2) is 0 Å². The van der Waals surface area contributed by atoms with Gasteiger partial charge in [0.05, 0.1) is 5.54 Å². The van der Waals surface area contributed by atoms with E-state index in [0.29, 0.717) is 5.92 Å². The van der Waals surface area contributed by atoms with Crippen molar-refractivity contribution in [2.24, 2.45) is 17.8 Å². The van der Waals surface area contributed by atoms with Crippen molar-refractivity contribution in [2.75, 3.05) is 10.7 Å². The molecule has 2 aliphatic carbocycles. The molecule has 98 valence electrons. The van der Waals surface area contributed by atoms with Gasteiger partial charge in [-0.3, -0.25) is 4.79 Å². The van der Waals surface area contributed by atoms with Gasteiger partial charge >= 0.3 is 0 Å². The smallest absolute Gasteiger partial charge is 0.223 e. The van der Waals surface area contributed by atoms with Crippen molar-refractivity contribution in [3.63, 3.8) is 0 Å². The highest BCUT2D eigenvalue weighted by Gasteiger charge is 2.44. The summed E-state index contributed by atoms with van der Waals surface area (Å²) in [6.45, 7) is 2.13. The largest absolute Gasteiger partial charge is 0.349 e. The van der Waals surface area contributed by atoms with Crippen LogP contribution >= 0.6 is 31.9 Å². The Hall–Kier alpha value is 0.430. The molecule has 0 heterocycles. The number of halogens is 2. The lowest BCUT2D eigenvalue weighted by Gasteiger charge is -2.33. The maximum Gasteiger partial charge on any atom is 0.223 e. The summed E-state index contributed by atoms with van der Waals surface area (Å²) < 4.78 is 0. The number of nitrogens with one attached hydrogen (secondary N) is 1. The van der Waals surface area contributed by atoms with Gasteiger partial charge < -0.3 is 5.32 Å². The van der Waals surface area contributed by atoms with E-state index in [-0.39, 0.29) is 17.4 Å². The number of hydrogen-bond acceptors (Lipinski definition) is 1. The Kier molecular flexibility index (Phi) is 4.56. The third-order valence-electron chi connectivity index (χ3n) is 4.65. The SMILES string of the molecule is CCC(CBr)(CBr)NC(=O)C1CC2CCC1C2. The van der Waals surface area contributed by atoms with Crippen molar-refractivity contribution in [1.29, 1.82) is 0 Å². The van der Waals surface area contributed by atoms with Crippen molar-refractivity contribution in [3.8, 4) is 0 Å². The molecule has 2 bridgehead atoms. The van der Waals surface area contributed by atoms with Crippen LogP contribution in [0.15, 0.2) is 0 Å². The molecule has 4 heteroatoms. The highest BCUT2D eigenvalue weighted by molar-refractivity contribution is 9.09. The summed E-state index contributed by atoms with van der Waals surface area (Å²) in [5.41, 5.74) is -0.112. The monoisotopic (exact) mass is 365 g/mol. The van der Waals surface area contributed by atoms with E-state index in [2.05, 4.69) is 44.1 Å². The minimum atomic E-state index is -0.112. The number of rotatable bonds is 5. The first-order chi connectivity index (χ1) is 8.14. The van der Waals surface area contributed by atoms with Gasteiger partial charge in [-0.15, -0.1) is 0 Å². The molecule has 2 rings (SSSR count). The van der Waals surface area contributed by atoms with E-state index in [1.54, 1.807) is 0 Å². The van der Waals surface area contributed by atoms with Crippen molar-refractivity contribution in [1.82, 2.24) is 5.32 Å². The van der Waals surface area contributed by atoms with Crippen LogP contribution in [0, 0.1) is 17.8 Å². The molecule has 17 heavy (non-hydrogen) atoms. The van der Waals surface area contributed by atoms with Crippen LogP contribution in [0.3, 0.4) is 0 Å². The maximum atomic E-state index is 12.4. The Labute approximate surface area is 121 Å². The van der Waals surface area contributed by atoms with Crippen molar-refractivity contribution < 1.29 is 4.79 Å². The zero-order valence-corrected chi connectivity index (χ0v) is 13.5. The highest BCUT2D eigenvalue weighted by Crippen LogP contribution is 2.48. The average molecular weight is 367 g/mol. The predicted octanol–water partition coefficient (Wildman–Crippen LogP) is 3.48. The van der Waals surface area contributed by atoms with Gasteiger partial charge in [-0.1, -0.05) is 45.2 Å². The second-order valence-electron chi connectivity index (χ2n) is 5.67. The van der Waals surface area contributed by atoms with E-state index in [4.69, 9.17) is 0 Å². The molecule has 0 aromatic carbocycles. The Morgan fingerprint density at radius 1 is 1.29 bits per heavy atom. The van der Waals surface area contributed by atoms with Crippen molar-refractivity contribution in [2.45, 2.75) is 44.6 Å². The number of hydrogen-bond donors (Lipinski definition) is 1. The fourth-order valence-corrected chi connectivity index (χ4v) is 5.30. The molecule has 2 fully saturated rings. The van der Waals surface area contributed by atoms with Gasteiger partial charge in [0, 0.05) is 16.6 Å². The molecule has 1 N–H and O–H groups in total. The van der Waals surface area contributed by atoms with Gasteiger partial charge in [0.25, 0.3) is 0 Å². The lowest BCUT2D eigenvalue weighted by molar-refractivity contribution is -0.128. The normalized spacial score (nSPS) is 31.8. The molecular weight excluding hydrogens is 346 g/mol. The first-order valence-electron chi connectivity index (χ1n) is 6.58. The standard InChI is InChI=1S/C13H21Br2NO/c1-2-13(7-14,8-15)16-12(17)11-6-9-3-4-10(11)5-9/h9-11H,2-8H2,1H3,(H,16,17). The van der Waals surface area contributed by atoms with E-state index in [0.717, 1.165) is 29.4 Å². The van der Waals surface area contributed by atoms with Crippen molar-refractivity contribution >= 4 is 37.8 Å². The van der Waals surface area contributed by atoms with Gasteiger partial charge in [-0.2, -0.15) is 0 Å². The quantitative estimate of drug-likeness (QED) is 0.741. The Bertz CT molecular complexity index is 283. The highest BCUT2D eigenvalue weighted by atomic mass is 79.9. The van der Waals surface area contributed by atoms with E-state index in [9.17, 15) is 4.79 Å². The predicted molar refractivity (Wildman–Crippen MR) is 77.7 cm³/mol. The summed E-state index contributed by atoms with van der Waals surface area (Å²) in [5, 5.41) is 4.90. The molecule has 0 saturated heterocycles. The lowest BCUT2D eigenvalue weighted by atomic mass is 9.87. The molecular formula is C13H21Br2NO. The number of fused-ring (bicyclic) bond motifs is 2. The fourth-order valence-electron chi connectivity index (χ4n) is 3.30. The second-order valence-corrected chi connectivity index (χ2v) is 6.79. The van der Waals surface area contributed by atoms with Crippen LogP contribution in [0.1, 0.15) is 39.0 Å². The minimum absolute atomic E-state index is 0.112. The van der Waals surface area contributed by atoms with Crippen LogP contribution in [-0.2, 0) is 4.79 Å². The third-order valence-corrected chi connectivity index (χ3v) is 6.80. The Balaban J connectivity index is 1.96. The molecule has 2 nitrogen and oxygen atoms in total. The zero-order valence-electron chi connectivity index (χ0n) is 10.3. The molecule has 0 radical (unpaired) electrons. The molecule has 2 aliphatic rings. The topological polar surface area (TPSA) is 29.1 Å². The van der Waals surface area contributed by atoms with Crippen molar-refractivity contribution in [3.05, 3.63) is 0 Å². The summed E-state index contributed by atoms with van der Waals surface area (Å²) in [6, 6.07) is 0. The number of carbonyl (C=O) groups excluding carboxylic acids is 1. The van der Waals surface area contributed by atoms with Gasteiger partial charge in [0.1, 0.15) is 0 Å². The lowest BCUT2D eigenvalue weighted by Crippen LogP contribution is -2.53. The van der Waals surface area contributed by atoms with Gasteiger partial charge in [-0.25, -0.2) is 0 Å². The number of amides is 1. The number of carbonyl (C=O) groups is 1. The first kappa shape index (κ1) is 13.9. The summed E-state index contributed by atoms with van der Waals surface area (Å²) >= 11 is 7.05. The molecule has 2 saturated carbocycles. The van der Waals surface area contributed by atoms with E-state index >= 15 is 0 Å². The van der Waals surface area contributed by atoms with E-state index in [1.165, 1.54) is 19.3 Å². The van der Waals surface area contributed by atoms with Crippen LogP contribution < -0.4 is 5.32 Å². The molecule has 0 aromatic heterocycles. The first-order valence-corrected chi connectivity index (χ1v) is 8.82. The summed E-state index contributed by atoms with van der Waals surface area (Å²) in [5.74, 6) is 2.08. The molecule has 3 atom stereocenters. The molecule has 0 aromatic rings. The minimum Gasteiger partial charge on any atom is -0.349 e. The summed E-state index contributed by atoms with van der Waals surface area (Å²) in [6.07, 6.45) is 5.99. The Morgan fingerprint density at radius 3 is 2.41 bits per heavy atom. The average Bonchev–Trinajstić information content (AvgIpc) is 2.98. The van der Waals surface area contributed by atoms with Crippen LogP contribution in [0.4, 0.5) is 0 Å². The van der Waals surface area contributed by atoms with Crippen LogP contribution in [-0.4, -0.2) is 22.1 Å². The molecule has 3 unspecified atom stereocenters. The second kappa shape index (κ2) is 5.60. The van der Waals surface area contributed by atoms with Crippen LogP contribution in [0.25, 0.3) is 0 Å². The maximum absolute atomic E-state index is 12.4. The zero-order chi connectivity index (χ0) is 12.5. The van der Waals surface area contributed by atoms with Gasteiger partial charge in [-0.05, 0) is 37.5 Å². The molecule has 1 amide bonds. The molecule has 0 aliphatic heterocycles. The molecule has 0 spiro atoms. The summed E-state index contributed by atoms with van der Waals surface area (Å²) in [7, 11) is 0. The summed E-state index contributed by atoms with van der Waals surface area (Å²) in [4.78, 5) is 12.4. The van der Waals surface area contributed by atoms with E-state index in [1.807, 2.05) is 0 Å². The third kappa shape index (κ3) is 2.73. The number of alkyl halides is 2. The van der Waals surface area contributed by atoms with E-state index < -0.39 is 0 Å².